The van der Waals surface area contributed by atoms with Gasteiger partial charge in [-0.1, -0.05) is 0 Å². The zero-order valence-electron chi connectivity index (χ0n) is 11.0. The van der Waals surface area contributed by atoms with E-state index in [2.05, 4.69) is 25.5 Å². The van der Waals surface area contributed by atoms with Gasteiger partial charge in [0.25, 0.3) is 5.91 Å². The minimum atomic E-state index is -0.226. The lowest BCUT2D eigenvalue weighted by Crippen LogP contribution is -2.13. The molecule has 2 heterocycles. The minimum absolute atomic E-state index is 0.226. The van der Waals surface area contributed by atoms with Gasteiger partial charge in [-0.2, -0.15) is 5.10 Å². The Morgan fingerprint density at radius 2 is 1.85 bits per heavy atom. The van der Waals surface area contributed by atoms with E-state index in [1.165, 1.54) is 25.7 Å². The highest BCUT2D eigenvalue weighted by molar-refractivity contribution is 6.02. The average Bonchev–Trinajstić information content (AvgIpc) is 3.38. The Bertz CT molecular complexity index is 640. The molecule has 4 rings (SSSR count). The minimum Gasteiger partial charge on any atom is -0.318 e. The molecule has 2 aliphatic rings. The maximum atomic E-state index is 12.1. The molecule has 0 aliphatic heterocycles. The van der Waals surface area contributed by atoms with Crippen molar-refractivity contribution < 1.29 is 4.79 Å². The molecule has 6 nitrogen and oxygen atoms in total. The van der Waals surface area contributed by atoms with Gasteiger partial charge >= 0.3 is 0 Å². The van der Waals surface area contributed by atoms with Crippen molar-refractivity contribution in [2.45, 2.75) is 37.5 Å². The molecule has 0 aromatic carbocycles. The van der Waals surface area contributed by atoms with Gasteiger partial charge in [0.15, 0.2) is 5.69 Å². The fraction of sp³-hybridized carbons (Fsp3) is 0.429. The summed E-state index contributed by atoms with van der Waals surface area (Å²) in [4.78, 5) is 20.6. The Labute approximate surface area is 116 Å². The van der Waals surface area contributed by atoms with Crippen LogP contribution in [0.2, 0.25) is 0 Å². The molecule has 2 fully saturated rings. The smallest absolute Gasteiger partial charge is 0.276 e. The number of aromatic amines is 1. The summed E-state index contributed by atoms with van der Waals surface area (Å²) in [6, 6.07) is 1.83. The van der Waals surface area contributed by atoms with E-state index in [0.29, 0.717) is 23.2 Å². The van der Waals surface area contributed by atoms with E-state index in [9.17, 15) is 4.79 Å². The molecule has 6 heteroatoms. The van der Waals surface area contributed by atoms with Gasteiger partial charge in [-0.25, -0.2) is 9.97 Å². The maximum Gasteiger partial charge on any atom is 0.276 e. The third kappa shape index (κ3) is 2.29. The Kier molecular flexibility index (Phi) is 2.55. The monoisotopic (exact) mass is 269 g/mol. The number of aromatic nitrogens is 4. The molecule has 1 amide bonds. The van der Waals surface area contributed by atoms with Gasteiger partial charge in [-0.05, 0) is 31.7 Å². The second-order valence-electron chi connectivity index (χ2n) is 5.54. The number of amides is 1. The lowest BCUT2D eigenvalue weighted by Gasteiger charge is -2.02. The molecule has 0 saturated heterocycles. The van der Waals surface area contributed by atoms with E-state index >= 15 is 0 Å². The SMILES string of the molecule is O=C(Nc1cnc(C2CC2)nc1)c1cc(C2CC2)[nH]n1. The first-order chi connectivity index (χ1) is 9.79. The van der Waals surface area contributed by atoms with Crippen molar-refractivity contribution in [1.82, 2.24) is 20.2 Å². The van der Waals surface area contributed by atoms with Crippen LogP contribution in [0.5, 0.6) is 0 Å². The van der Waals surface area contributed by atoms with Crippen molar-refractivity contribution in [3.05, 3.63) is 35.7 Å². The van der Waals surface area contributed by atoms with E-state index in [1.54, 1.807) is 12.4 Å². The Hall–Kier alpha value is -2.24. The van der Waals surface area contributed by atoms with E-state index in [-0.39, 0.29) is 5.91 Å². The lowest BCUT2D eigenvalue weighted by atomic mass is 10.2. The molecule has 0 atom stereocenters. The van der Waals surface area contributed by atoms with Crippen molar-refractivity contribution in [3.63, 3.8) is 0 Å². The summed E-state index contributed by atoms with van der Waals surface area (Å²) in [5.74, 6) is 1.73. The van der Waals surface area contributed by atoms with E-state index in [0.717, 1.165) is 11.5 Å². The van der Waals surface area contributed by atoms with Crippen LogP contribution in [-0.2, 0) is 0 Å². The number of hydrogen-bond acceptors (Lipinski definition) is 4. The number of nitrogens with one attached hydrogen (secondary N) is 2. The third-order valence-electron chi connectivity index (χ3n) is 3.72. The average molecular weight is 269 g/mol. The fourth-order valence-corrected chi connectivity index (χ4v) is 2.21. The third-order valence-corrected chi connectivity index (χ3v) is 3.72. The second kappa shape index (κ2) is 4.40. The van der Waals surface area contributed by atoms with Crippen LogP contribution in [0.15, 0.2) is 18.5 Å². The summed E-state index contributed by atoms with van der Waals surface area (Å²) in [5, 5.41) is 9.75. The number of rotatable bonds is 4. The Morgan fingerprint density at radius 3 is 2.50 bits per heavy atom. The van der Waals surface area contributed by atoms with Gasteiger partial charge < -0.3 is 5.32 Å². The van der Waals surface area contributed by atoms with Crippen LogP contribution in [-0.4, -0.2) is 26.1 Å². The molecule has 2 aromatic rings. The summed E-state index contributed by atoms with van der Waals surface area (Å²) in [6.45, 7) is 0. The molecule has 0 unspecified atom stereocenters. The molecule has 2 saturated carbocycles. The van der Waals surface area contributed by atoms with Crippen LogP contribution < -0.4 is 5.32 Å². The zero-order valence-corrected chi connectivity index (χ0v) is 11.0. The van der Waals surface area contributed by atoms with Gasteiger partial charge in [0.1, 0.15) is 5.82 Å². The molecular weight excluding hydrogens is 254 g/mol. The highest BCUT2D eigenvalue weighted by atomic mass is 16.1. The van der Waals surface area contributed by atoms with Crippen molar-refractivity contribution in [3.8, 4) is 0 Å². The van der Waals surface area contributed by atoms with Gasteiger partial charge in [-0.3, -0.25) is 9.89 Å². The molecule has 2 N–H and O–H groups in total. The number of nitrogens with zero attached hydrogens (tertiary/aromatic N) is 3. The highest BCUT2D eigenvalue weighted by Crippen LogP contribution is 2.39. The predicted molar refractivity (Wildman–Crippen MR) is 72.5 cm³/mol. The second-order valence-corrected chi connectivity index (χ2v) is 5.54. The van der Waals surface area contributed by atoms with Crippen LogP contribution in [0.1, 0.15) is 59.5 Å². The topological polar surface area (TPSA) is 83.6 Å². The van der Waals surface area contributed by atoms with Crippen molar-refractivity contribution in [2.75, 3.05) is 5.32 Å². The molecule has 20 heavy (non-hydrogen) atoms. The molecule has 0 spiro atoms. The highest BCUT2D eigenvalue weighted by Gasteiger charge is 2.27. The van der Waals surface area contributed by atoms with Crippen molar-refractivity contribution in [1.29, 1.82) is 0 Å². The van der Waals surface area contributed by atoms with Gasteiger partial charge in [-0.15, -0.1) is 0 Å². The predicted octanol–water partition coefficient (Wildman–Crippen LogP) is 2.21. The van der Waals surface area contributed by atoms with Crippen LogP contribution in [0, 0.1) is 0 Å². The quantitative estimate of drug-likeness (QED) is 0.891. The van der Waals surface area contributed by atoms with Gasteiger partial charge in [0, 0.05) is 17.5 Å². The largest absolute Gasteiger partial charge is 0.318 e. The summed E-state index contributed by atoms with van der Waals surface area (Å²) in [7, 11) is 0. The summed E-state index contributed by atoms with van der Waals surface area (Å²) in [6.07, 6.45) is 8.02. The fourth-order valence-electron chi connectivity index (χ4n) is 2.21. The number of H-pyrrole nitrogens is 1. The molecule has 2 aliphatic carbocycles. The number of hydrogen-bond donors (Lipinski definition) is 2. The summed E-state index contributed by atoms with van der Waals surface area (Å²) in [5.41, 5.74) is 2.07. The van der Waals surface area contributed by atoms with E-state index < -0.39 is 0 Å². The zero-order chi connectivity index (χ0) is 13.5. The first-order valence-electron chi connectivity index (χ1n) is 6.98. The number of anilines is 1. The summed E-state index contributed by atoms with van der Waals surface area (Å²) >= 11 is 0. The Balaban J connectivity index is 1.44. The van der Waals surface area contributed by atoms with Crippen molar-refractivity contribution >= 4 is 11.6 Å². The van der Waals surface area contributed by atoms with Crippen molar-refractivity contribution in [2.24, 2.45) is 0 Å². The first-order valence-corrected chi connectivity index (χ1v) is 6.98. The van der Waals surface area contributed by atoms with Crippen LogP contribution in [0.25, 0.3) is 0 Å². The summed E-state index contributed by atoms with van der Waals surface area (Å²) < 4.78 is 0. The molecule has 2 aromatic heterocycles. The van der Waals surface area contributed by atoms with Crippen LogP contribution in [0.4, 0.5) is 5.69 Å². The van der Waals surface area contributed by atoms with E-state index in [1.807, 2.05) is 6.07 Å². The molecule has 0 bridgehead atoms. The first kappa shape index (κ1) is 11.6. The van der Waals surface area contributed by atoms with Gasteiger partial charge in [0.05, 0.1) is 18.1 Å². The molecule has 102 valence electrons. The number of carbonyl (C=O) groups is 1. The van der Waals surface area contributed by atoms with Crippen LogP contribution in [0.3, 0.4) is 0 Å². The lowest BCUT2D eigenvalue weighted by molar-refractivity contribution is 0.102. The Morgan fingerprint density at radius 1 is 1.15 bits per heavy atom. The number of carbonyl (C=O) groups excluding carboxylic acids is 1. The molecule has 0 radical (unpaired) electrons. The normalized spacial score (nSPS) is 18.0. The van der Waals surface area contributed by atoms with Gasteiger partial charge in [0.2, 0.25) is 0 Å². The van der Waals surface area contributed by atoms with Crippen LogP contribution >= 0.6 is 0 Å². The standard InChI is InChI=1S/C14H15N5O/c20-14(12-5-11(18-19-12)8-1-2-8)17-10-6-15-13(16-7-10)9-3-4-9/h5-9H,1-4H2,(H,17,20)(H,18,19). The molecular formula is C14H15N5O. The van der Waals surface area contributed by atoms with E-state index in [4.69, 9.17) is 0 Å². The maximum absolute atomic E-state index is 12.1.